The van der Waals surface area contributed by atoms with Crippen molar-refractivity contribution in [3.63, 3.8) is 0 Å². The second-order valence-electron chi connectivity index (χ2n) is 4.45. The van der Waals surface area contributed by atoms with Crippen molar-refractivity contribution in [2.24, 2.45) is 0 Å². The maximum absolute atomic E-state index is 9.27. The molecule has 1 unspecified atom stereocenters. The van der Waals surface area contributed by atoms with Crippen LogP contribution in [0.5, 0.6) is 0 Å². The minimum atomic E-state index is -0.281. The van der Waals surface area contributed by atoms with E-state index in [0.29, 0.717) is 6.61 Å². The summed E-state index contributed by atoms with van der Waals surface area (Å²) >= 11 is 0. The molecule has 0 aromatic heterocycles. The van der Waals surface area contributed by atoms with Crippen molar-refractivity contribution in [1.82, 2.24) is 10.2 Å². The van der Waals surface area contributed by atoms with Crippen molar-refractivity contribution in [3.8, 4) is 6.07 Å². The molecule has 1 rings (SSSR count). The van der Waals surface area contributed by atoms with E-state index in [9.17, 15) is 5.26 Å². The van der Waals surface area contributed by atoms with Crippen LogP contribution in [0.25, 0.3) is 0 Å². The second kappa shape index (κ2) is 7.83. The summed E-state index contributed by atoms with van der Waals surface area (Å²) in [6.45, 7) is 2.22. The molecule has 18 heavy (non-hydrogen) atoms. The maximum atomic E-state index is 9.27. The molecule has 1 aromatic rings. The smallest absolute Gasteiger partial charge is 0.121 e. The summed E-state index contributed by atoms with van der Waals surface area (Å²) in [4.78, 5) is 2.09. The molecule has 4 nitrogen and oxygen atoms in total. The Morgan fingerprint density at radius 2 is 2.11 bits per heavy atom. The lowest BCUT2D eigenvalue weighted by Crippen LogP contribution is -2.29. The predicted molar refractivity (Wildman–Crippen MR) is 72.1 cm³/mol. The Morgan fingerprint density at radius 3 is 2.72 bits per heavy atom. The number of ether oxygens (including phenoxy) is 1. The highest BCUT2D eigenvalue weighted by Crippen LogP contribution is 2.18. The number of nitriles is 1. The van der Waals surface area contributed by atoms with Gasteiger partial charge in [0.15, 0.2) is 0 Å². The van der Waals surface area contributed by atoms with E-state index >= 15 is 0 Å². The quantitative estimate of drug-likeness (QED) is 0.794. The fraction of sp³-hybridized carbons (Fsp3) is 0.500. The highest BCUT2D eigenvalue weighted by atomic mass is 16.5. The topological polar surface area (TPSA) is 48.3 Å². The van der Waals surface area contributed by atoms with Crippen LogP contribution < -0.4 is 5.32 Å². The summed E-state index contributed by atoms with van der Waals surface area (Å²) in [5, 5.41) is 12.5. The van der Waals surface area contributed by atoms with Crippen molar-refractivity contribution in [2.45, 2.75) is 12.6 Å². The molecule has 0 amide bonds. The number of likely N-dealkylation sites (N-methyl/N-ethyl adjacent to an activating group) is 1. The second-order valence-corrected chi connectivity index (χ2v) is 4.45. The molecular weight excluding hydrogens is 226 g/mol. The van der Waals surface area contributed by atoms with E-state index in [-0.39, 0.29) is 6.04 Å². The van der Waals surface area contributed by atoms with Crippen molar-refractivity contribution in [2.75, 3.05) is 34.3 Å². The zero-order chi connectivity index (χ0) is 13.4. The molecular formula is C14H21N3O. The van der Waals surface area contributed by atoms with Gasteiger partial charge in [0.2, 0.25) is 0 Å². The Hall–Kier alpha value is -1.41. The minimum absolute atomic E-state index is 0.281. The largest absolute Gasteiger partial charge is 0.380 e. The normalized spacial score (nSPS) is 12.4. The summed E-state index contributed by atoms with van der Waals surface area (Å²) in [5.74, 6) is 0. The Morgan fingerprint density at radius 1 is 1.39 bits per heavy atom. The van der Waals surface area contributed by atoms with E-state index in [1.165, 1.54) is 0 Å². The molecule has 0 radical (unpaired) electrons. The number of rotatable bonds is 7. The van der Waals surface area contributed by atoms with Crippen molar-refractivity contribution < 1.29 is 4.74 Å². The average molecular weight is 247 g/mol. The van der Waals surface area contributed by atoms with Gasteiger partial charge in [-0.25, -0.2) is 0 Å². The first-order chi connectivity index (χ1) is 8.69. The van der Waals surface area contributed by atoms with Gasteiger partial charge in [-0.15, -0.1) is 0 Å². The zero-order valence-electron chi connectivity index (χ0n) is 11.3. The molecule has 0 heterocycles. The summed E-state index contributed by atoms with van der Waals surface area (Å²) in [6.07, 6.45) is 0. The van der Waals surface area contributed by atoms with Crippen LogP contribution in [0.15, 0.2) is 24.3 Å². The van der Waals surface area contributed by atoms with Crippen molar-refractivity contribution in [1.29, 1.82) is 5.26 Å². The van der Waals surface area contributed by atoms with Gasteiger partial charge in [0.05, 0.1) is 12.7 Å². The molecule has 0 saturated heterocycles. The van der Waals surface area contributed by atoms with Crippen molar-refractivity contribution in [3.05, 3.63) is 35.4 Å². The van der Waals surface area contributed by atoms with Crippen LogP contribution in [0, 0.1) is 11.3 Å². The lowest BCUT2D eigenvalue weighted by atomic mass is 10.0. The van der Waals surface area contributed by atoms with Gasteiger partial charge in [-0.1, -0.05) is 24.3 Å². The fourth-order valence-electron chi connectivity index (χ4n) is 1.76. The lowest BCUT2D eigenvalue weighted by molar-refractivity contribution is 0.184. The van der Waals surface area contributed by atoms with Crippen LogP contribution >= 0.6 is 0 Å². The predicted octanol–water partition coefficient (Wildman–Crippen LogP) is 1.55. The maximum Gasteiger partial charge on any atom is 0.121 e. The third-order valence-corrected chi connectivity index (χ3v) is 2.70. The minimum Gasteiger partial charge on any atom is -0.380 e. The van der Waals surface area contributed by atoms with E-state index < -0.39 is 0 Å². The third-order valence-electron chi connectivity index (χ3n) is 2.70. The SMILES string of the molecule is COCc1ccccc1C(C#N)NCCN(C)C. The van der Waals surface area contributed by atoms with Crippen LogP contribution in [0.1, 0.15) is 17.2 Å². The number of hydrogen-bond donors (Lipinski definition) is 1. The first-order valence-corrected chi connectivity index (χ1v) is 6.03. The number of benzene rings is 1. The van der Waals surface area contributed by atoms with Crippen molar-refractivity contribution >= 4 is 0 Å². The Labute approximate surface area is 109 Å². The summed E-state index contributed by atoms with van der Waals surface area (Å²) in [5.41, 5.74) is 2.06. The molecule has 0 spiro atoms. The first kappa shape index (κ1) is 14.7. The Bertz CT molecular complexity index is 398. The van der Waals surface area contributed by atoms with Gasteiger partial charge in [-0.3, -0.25) is 5.32 Å². The van der Waals surface area contributed by atoms with Crippen LogP contribution in [-0.2, 0) is 11.3 Å². The van der Waals surface area contributed by atoms with Gasteiger partial charge < -0.3 is 9.64 Å². The van der Waals surface area contributed by atoms with Gasteiger partial charge in [0.1, 0.15) is 6.04 Å². The monoisotopic (exact) mass is 247 g/mol. The fourth-order valence-corrected chi connectivity index (χ4v) is 1.76. The van der Waals surface area contributed by atoms with E-state index in [1.807, 2.05) is 38.4 Å². The average Bonchev–Trinajstić information content (AvgIpc) is 2.36. The summed E-state index contributed by atoms with van der Waals surface area (Å²) in [6, 6.07) is 9.91. The Kier molecular flexibility index (Phi) is 6.37. The Balaban J connectivity index is 2.72. The molecule has 1 atom stereocenters. The lowest BCUT2D eigenvalue weighted by Gasteiger charge is -2.17. The molecule has 0 saturated carbocycles. The molecule has 1 aromatic carbocycles. The van der Waals surface area contributed by atoms with Gasteiger partial charge >= 0.3 is 0 Å². The van der Waals surface area contributed by atoms with E-state index in [0.717, 1.165) is 24.2 Å². The molecule has 0 aliphatic rings. The number of nitrogens with one attached hydrogen (secondary N) is 1. The highest BCUT2D eigenvalue weighted by molar-refractivity contribution is 5.32. The summed E-state index contributed by atoms with van der Waals surface area (Å²) < 4.78 is 5.16. The molecule has 0 aliphatic heterocycles. The molecule has 98 valence electrons. The zero-order valence-corrected chi connectivity index (χ0v) is 11.3. The number of methoxy groups -OCH3 is 1. The number of nitrogens with zero attached hydrogens (tertiary/aromatic N) is 2. The van der Waals surface area contributed by atoms with Gasteiger partial charge in [-0.05, 0) is 25.2 Å². The molecule has 0 bridgehead atoms. The van der Waals surface area contributed by atoms with Crippen LogP contribution in [0.4, 0.5) is 0 Å². The molecule has 1 N–H and O–H groups in total. The van der Waals surface area contributed by atoms with E-state index in [4.69, 9.17) is 4.74 Å². The molecule has 0 aliphatic carbocycles. The van der Waals surface area contributed by atoms with Gasteiger partial charge in [-0.2, -0.15) is 5.26 Å². The third kappa shape index (κ3) is 4.46. The summed E-state index contributed by atoms with van der Waals surface area (Å²) in [7, 11) is 5.70. The molecule has 0 fully saturated rings. The first-order valence-electron chi connectivity index (χ1n) is 6.03. The van der Waals surface area contributed by atoms with Crippen LogP contribution in [0.2, 0.25) is 0 Å². The van der Waals surface area contributed by atoms with Gasteiger partial charge in [0.25, 0.3) is 0 Å². The number of hydrogen-bond acceptors (Lipinski definition) is 4. The standard InChI is InChI=1S/C14H21N3O/c1-17(2)9-8-16-14(10-15)13-7-5-4-6-12(13)11-18-3/h4-7,14,16H,8-9,11H2,1-3H3. The van der Waals surface area contributed by atoms with E-state index in [1.54, 1.807) is 7.11 Å². The van der Waals surface area contributed by atoms with Crippen LogP contribution in [-0.4, -0.2) is 39.2 Å². The van der Waals surface area contributed by atoms with Gasteiger partial charge in [0, 0.05) is 20.2 Å². The highest BCUT2D eigenvalue weighted by Gasteiger charge is 2.13. The van der Waals surface area contributed by atoms with E-state index in [2.05, 4.69) is 16.3 Å². The van der Waals surface area contributed by atoms with Crippen LogP contribution in [0.3, 0.4) is 0 Å². The molecule has 4 heteroatoms.